The standard InChI is InChI=1S/C26H28N4O2/c1-21(18-22-8-4-2-5-9-22)19-28-14-16-29(17-15-28)25-26(32)30(13-12-27-25)20-24(31)23-10-6-3-7-11-23/h2-13,18H,14-17,19-20H2,1H3. The van der Waals surface area contributed by atoms with Gasteiger partial charge in [-0.05, 0) is 12.5 Å². The molecule has 3 aromatic rings. The largest absolute Gasteiger partial charge is 0.349 e. The third-order valence-corrected chi connectivity index (χ3v) is 5.66. The minimum Gasteiger partial charge on any atom is -0.349 e. The fourth-order valence-corrected chi connectivity index (χ4v) is 4.00. The predicted octanol–water partition coefficient (Wildman–Crippen LogP) is 3.35. The van der Waals surface area contributed by atoms with Crippen molar-refractivity contribution < 1.29 is 4.79 Å². The molecule has 1 aliphatic rings. The molecule has 0 bridgehead atoms. The summed E-state index contributed by atoms with van der Waals surface area (Å²) < 4.78 is 1.46. The SMILES string of the molecule is CC(=Cc1ccccc1)CN1CCN(c2nccn(CC(=O)c3ccccc3)c2=O)CC1. The Kier molecular flexibility index (Phi) is 6.92. The van der Waals surface area contributed by atoms with Gasteiger partial charge in [0.1, 0.15) is 0 Å². The summed E-state index contributed by atoms with van der Waals surface area (Å²) in [5, 5.41) is 0. The first-order valence-corrected chi connectivity index (χ1v) is 10.9. The van der Waals surface area contributed by atoms with Crippen molar-refractivity contribution in [3.63, 3.8) is 0 Å². The quantitative estimate of drug-likeness (QED) is 0.540. The molecule has 0 amide bonds. The fourth-order valence-electron chi connectivity index (χ4n) is 4.00. The van der Waals surface area contributed by atoms with Gasteiger partial charge in [-0.1, -0.05) is 72.3 Å². The zero-order chi connectivity index (χ0) is 22.3. The number of anilines is 1. The van der Waals surface area contributed by atoms with Crippen LogP contribution in [0.1, 0.15) is 22.8 Å². The van der Waals surface area contributed by atoms with E-state index in [0.717, 1.165) is 32.7 Å². The maximum Gasteiger partial charge on any atom is 0.293 e. The van der Waals surface area contributed by atoms with Crippen LogP contribution in [-0.4, -0.2) is 53.0 Å². The highest BCUT2D eigenvalue weighted by Gasteiger charge is 2.21. The lowest BCUT2D eigenvalue weighted by molar-refractivity contribution is 0.0971. The second kappa shape index (κ2) is 10.2. The van der Waals surface area contributed by atoms with Crippen LogP contribution in [0.15, 0.2) is 83.4 Å². The van der Waals surface area contributed by atoms with Crippen LogP contribution >= 0.6 is 0 Å². The van der Waals surface area contributed by atoms with Gasteiger partial charge in [0.15, 0.2) is 11.6 Å². The number of hydrogen-bond acceptors (Lipinski definition) is 5. The summed E-state index contributed by atoms with van der Waals surface area (Å²) in [6, 6.07) is 19.4. The molecule has 6 heteroatoms. The van der Waals surface area contributed by atoms with Crippen molar-refractivity contribution in [1.29, 1.82) is 0 Å². The summed E-state index contributed by atoms with van der Waals surface area (Å²) in [7, 11) is 0. The minimum absolute atomic E-state index is 0.0157. The Morgan fingerprint density at radius 3 is 2.28 bits per heavy atom. The van der Waals surface area contributed by atoms with Crippen LogP contribution in [0.5, 0.6) is 0 Å². The number of benzene rings is 2. The summed E-state index contributed by atoms with van der Waals surface area (Å²) >= 11 is 0. The molecule has 32 heavy (non-hydrogen) atoms. The molecule has 1 saturated heterocycles. The molecule has 2 aromatic carbocycles. The van der Waals surface area contributed by atoms with Crippen LogP contribution < -0.4 is 10.5 Å². The Morgan fingerprint density at radius 1 is 0.938 bits per heavy atom. The van der Waals surface area contributed by atoms with Crippen molar-refractivity contribution >= 4 is 17.7 Å². The average Bonchev–Trinajstić information content (AvgIpc) is 2.82. The van der Waals surface area contributed by atoms with Crippen LogP contribution in [-0.2, 0) is 6.54 Å². The van der Waals surface area contributed by atoms with Crippen LogP contribution in [0.3, 0.4) is 0 Å². The van der Waals surface area contributed by atoms with Crippen LogP contribution in [0, 0.1) is 0 Å². The first-order valence-electron chi connectivity index (χ1n) is 10.9. The molecular formula is C26H28N4O2. The minimum atomic E-state index is -0.217. The maximum atomic E-state index is 13.0. The summed E-state index contributed by atoms with van der Waals surface area (Å²) in [6.07, 6.45) is 5.41. The molecular weight excluding hydrogens is 400 g/mol. The molecule has 0 spiro atoms. The Balaban J connectivity index is 1.37. The van der Waals surface area contributed by atoms with Gasteiger partial charge < -0.3 is 9.47 Å². The number of rotatable bonds is 7. The number of nitrogens with zero attached hydrogens (tertiary/aromatic N) is 4. The molecule has 0 atom stereocenters. The van der Waals surface area contributed by atoms with Crippen LogP contribution in [0.2, 0.25) is 0 Å². The van der Waals surface area contributed by atoms with E-state index in [9.17, 15) is 9.59 Å². The van der Waals surface area contributed by atoms with Gasteiger partial charge in [0.2, 0.25) is 0 Å². The molecule has 0 radical (unpaired) electrons. The molecule has 4 rings (SSSR count). The Hall–Kier alpha value is -3.51. The smallest absolute Gasteiger partial charge is 0.293 e. The average molecular weight is 429 g/mol. The van der Waals surface area contributed by atoms with Gasteiger partial charge in [0, 0.05) is 50.7 Å². The predicted molar refractivity (Wildman–Crippen MR) is 128 cm³/mol. The van der Waals surface area contributed by atoms with Crippen LogP contribution in [0.25, 0.3) is 6.08 Å². The second-order valence-electron chi connectivity index (χ2n) is 8.14. The molecule has 0 unspecified atom stereocenters. The molecule has 0 aliphatic carbocycles. The van der Waals surface area contributed by atoms with Gasteiger partial charge >= 0.3 is 0 Å². The van der Waals surface area contributed by atoms with E-state index < -0.39 is 0 Å². The van der Waals surface area contributed by atoms with Crippen molar-refractivity contribution in [2.24, 2.45) is 0 Å². The van der Waals surface area contributed by atoms with Crippen molar-refractivity contribution in [2.45, 2.75) is 13.5 Å². The number of carbonyl (C=O) groups excluding carboxylic acids is 1. The molecule has 164 valence electrons. The summed E-state index contributed by atoms with van der Waals surface area (Å²) in [5.41, 5.74) is 2.91. The van der Waals surface area contributed by atoms with E-state index in [2.05, 4.69) is 35.0 Å². The Morgan fingerprint density at radius 2 is 1.59 bits per heavy atom. The van der Waals surface area contributed by atoms with Crippen LogP contribution in [0.4, 0.5) is 5.82 Å². The van der Waals surface area contributed by atoms with E-state index in [1.54, 1.807) is 24.5 Å². The summed E-state index contributed by atoms with van der Waals surface area (Å²) in [4.78, 5) is 34.3. The lowest BCUT2D eigenvalue weighted by Gasteiger charge is -2.35. The van der Waals surface area contributed by atoms with Gasteiger partial charge in [-0.15, -0.1) is 0 Å². The van der Waals surface area contributed by atoms with Crippen molar-refractivity contribution in [3.8, 4) is 0 Å². The summed E-state index contributed by atoms with van der Waals surface area (Å²) in [6.45, 7) is 6.26. The zero-order valence-electron chi connectivity index (χ0n) is 18.4. The number of piperazine rings is 1. The summed E-state index contributed by atoms with van der Waals surface area (Å²) in [5.74, 6) is 0.333. The van der Waals surface area contributed by atoms with E-state index in [1.165, 1.54) is 15.7 Å². The molecule has 6 nitrogen and oxygen atoms in total. The van der Waals surface area contributed by atoms with E-state index in [4.69, 9.17) is 0 Å². The highest BCUT2D eigenvalue weighted by molar-refractivity contribution is 5.95. The highest BCUT2D eigenvalue weighted by Crippen LogP contribution is 2.12. The lowest BCUT2D eigenvalue weighted by Crippen LogP contribution is -2.49. The molecule has 2 heterocycles. The first-order chi connectivity index (χ1) is 15.6. The third-order valence-electron chi connectivity index (χ3n) is 5.66. The van der Waals surface area contributed by atoms with Crippen molar-refractivity contribution in [3.05, 3.63) is 100 Å². The van der Waals surface area contributed by atoms with Gasteiger partial charge in [-0.2, -0.15) is 0 Å². The van der Waals surface area contributed by atoms with Gasteiger partial charge in [-0.3, -0.25) is 14.5 Å². The Bertz CT molecular complexity index is 1130. The number of ketones is 1. The molecule has 1 fully saturated rings. The van der Waals surface area contributed by atoms with Gasteiger partial charge in [0.25, 0.3) is 5.56 Å². The van der Waals surface area contributed by atoms with E-state index in [0.29, 0.717) is 11.4 Å². The number of hydrogen-bond donors (Lipinski definition) is 0. The first kappa shape index (κ1) is 21.7. The highest BCUT2D eigenvalue weighted by atomic mass is 16.1. The molecule has 1 aromatic heterocycles. The molecule has 0 N–H and O–H groups in total. The number of carbonyl (C=O) groups is 1. The molecule has 1 aliphatic heterocycles. The number of Topliss-reactive ketones (excluding diaryl/α,β-unsaturated/α-hetero) is 1. The topological polar surface area (TPSA) is 58.4 Å². The van der Waals surface area contributed by atoms with Crippen molar-refractivity contribution in [1.82, 2.24) is 14.5 Å². The van der Waals surface area contributed by atoms with Gasteiger partial charge in [-0.25, -0.2) is 4.98 Å². The van der Waals surface area contributed by atoms with Crippen molar-refractivity contribution in [2.75, 3.05) is 37.6 Å². The molecule has 0 saturated carbocycles. The monoisotopic (exact) mass is 428 g/mol. The van der Waals surface area contributed by atoms with E-state index in [-0.39, 0.29) is 17.9 Å². The Labute approximate surface area is 188 Å². The second-order valence-corrected chi connectivity index (χ2v) is 8.14. The van der Waals surface area contributed by atoms with E-state index in [1.807, 2.05) is 41.3 Å². The van der Waals surface area contributed by atoms with E-state index >= 15 is 0 Å². The normalized spacial score (nSPS) is 15.0. The lowest BCUT2D eigenvalue weighted by atomic mass is 10.1. The maximum absolute atomic E-state index is 13.0. The third kappa shape index (κ3) is 5.39. The number of aromatic nitrogens is 2. The zero-order valence-corrected chi connectivity index (χ0v) is 18.4. The van der Waals surface area contributed by atoms with Gasteiger partial charge in [0.05, 0.1) is 6.54 Å². The fraction of sp³-hybridized carbons (Fsp3) is 0.269.